The molecule has 8 heteroatoms. The van der Waals surface area contributed by atoms with E-state index < -0.39 is 21.5 Å². The van der Waals surface area contributed by atoms with Gasteiger partial charge in [0.15, 0.2) is 0 Å². The molecule has 172 valence electrons. The number of carboxylic acids is 1. The van der Waals surface area contributed by atoms with Crippen molar-refractivity contribution in [2.45, 2.75) is 37.2 Å². The molecule has 0 amide bonds. The predicted molar refractivity (Wildman–Crippen MR) is 131 cm³/mol. The largest absolute Gasteiger partial charge is 0.497 e. The van der Waals surface area contributed by atoms with Gasteiger partial charge in [0.05, 0.1) is 18.6 Å². The first-order chi connectivity index (χ1) is 15.7. The number of sulfonamides is 1. The van der Waals surface area contributed by atoms with Crippen LogP contribution >= 0.6 is 11.3 Å². The molecule has 6 nitrogen and oxygen atoms in total. The van der Waals surface area contributed by atoms with E-state index in [-0.39, 0.29) is 17.9 Å². The van der Waals surface area contributed by atoms with Crippen LogP contribution in [0.4, 0.5) is 0 Å². The van der Waals surface area contributed by atoms with Gasteiger partial charge in [-0.1, -0.05) is 55.5 Å². The van der Waals surface area contributed by atoms with E-state index in [0.717, 1.165) is 31.6 Å². The molecular formula is C25H25NO5S2. The van der Waals surface area contributed by atoms with Crippen LogP contribution in [-0.4, -0.2) is 36.4 Å². The maximum atomic E-state index is 13.1. The Bertz CT molecular complexity index is 1310. The molecule has 0 spiro atoms. The van der Waals surface area contributed by atoms with E-state index >= 15 is 0 Å². The summed E-state index contributed by atoms with van der Waals surface area (Å²) in [6.45, 7) is 3.23. The summed E-state index contributed by atoms with van der Waals surface area (Å²) in [5, 5.41) is 9.63. The van der Waals surface area contributed by atoms with Gasteiger partial charge >= 0.3 is 5.97 Å². The van der Waals surface area contributed by atoms with E-state index in [1.54, 1.807) is 20.1 Å². The number of fused-ring (bicyclic) bond motifs is 1. The highest BCUT2D eigenvalue weighted by Gasteiger charge is 2.50. The van der Waals surface area contributed by atoms with Crippen LogP contribution in [0.1, 0.15) is 36.3 Å². The van der Waals surface area contributed by atoms with E-state index in [4.69, 9.17) is 4.74 Å². The van der Waals surface area contributed by atoms with Crippen LogP contribution in [0, 0.1) is 0 Å². The van der Waals surface area contributed by atoms with Crippen LogP contribution in [0.15, 0.2) is 59.5 Å². The summed E-state index contributed by atoms with van der Waals surface area (Å²) in [6.07, 6.45) is 4.22. The van der Waals surface area contributed by atoms with Crippen molar-refractivity contribution in [3.63, 3.8) is 0 Å². The predicted octanol–water partition coefficient (Wildman–Crippen LogP) is 5.35. The topological polar surface area (TPSA) is 83.9 Å². The molecule has 1 aliphatic heterocycles. The van der Waals surface area contributed by atoms with E-state index in [1.165, 1.54) is 18.3 Å². The molecule has 0 aliphatic carbocycles. The molecule has 2 heterocycles. The number of hydrogen-bond donors (Lipinski definition) is 1. The Labute approximate surface area is 197 Å². The monoisotopic (exact) mass is 483 g/mol. The lowest BCUT2D eigenvalue weighted by molar-refractivity contribution is -0.147. The van der Waals surface area contributed by atoms with E-state index in [0.29, 0.717) is 4.88 Å². The fraction of sp³-hybridized carbons (Fsp3) is 0.240. The minimum absolute atomic E-state index is 0.0850. The molecule has 1 unspecified atom stereocenters. The molecular weight excluding hydrogens is 458 g/mol. The van der Waals surface area contributed by atoms with Gasteiger partial charge in [0.1, 0.15) is 11.3 Å². The van der Waals surface area contributed by atoms with Crippen LogP contribution in [0.5, 0.6) is 5.75 Å². The van der Waals surface area contributed by atoms with Gasteiger partial charge < -0.3 is 9.84 Å². The number of aliphatic carboxylic acids is 1. The third-order valence-corrected chi connectivity index (χ3v) is 9.43. The maximum absolute atomic E-state index is 13.1. The summed E-state index contributed by atoms with van der Waals surface area (Å²) in [5.41, 5.74) is 1.55. The Morgan fingerprint density at radius 2 is 1.70 bits per heavy atom. The van der Waals surface area contributed by atoms with Gasteiger partial charge in [0.2, 0.25) is 10.0 Å². The fourth-order valence-electron chi connectivity index (χ4n) is 3.76. The van der Waals surface area contributed by atoms with Gasteiger partial charge in [-0.2, -0.15) is 4.31 Å². The molecule has 0 saturated carbocycles. The van der Waals surface area contributed by atoms with E-state index in [9.17, 15) is 18.3 Å². The van der Waals surface area contributed by atoms with Gasteiger partial charge in [-0.25, -0.2) is 8.42 Å². The van der Waals surface area contributed by atoms with Crippen LogP contribution in [-0.2, 0) is 21.4 Å². The second-order valence-electron chi connectivity index (χ2n) is 8.07. The molecule has 0 radical (unpaired) electrons. The maximum Gasteiger partial charge on any atom is 0.324 e. The van der Waals surface area contributed by atoms with Crippen LogP contribution in [0.3, 0.4) is 0 Å². The van der Waals surface area contributed by atoms with Gasteiger partial charge in [-0.3, -0.25) is 4.79 Å². The van der Waals surface area contributed by atoms with E-state index in [2.05, 4.69) is 0 Å². The SMILES string of the molecule is CCC(C)(C(=O)O)N1Cc2sc(-c3ccc(C=Cc4ccc(OC)cc4)cc3)cc2S1(=O)=O. The molecule has 1 N–H and O–H groups in total. The highest BCUT2D eigenvalue weighted by molar-refractivity contribution is 7.89. The number of carboxylic acid groups (broad SMARTS) is 1. The minimum atomic E-state index is -3.86. The second-order valence-corrected chi connectivity index (χ2v) is 11.0. The second kappa shape index (κ2) is 8.78. The Hall–Kier alpha value is -2.94. The number of ether oxygens (including phenoxy) is 1. The Balaban J connectivity index is 1.54. The molecule has 33 heavy (non-hydrogen) atoms. The van der Waals surface area contributed by atoms with Crippen molar-refractivity contribution in [3.05, 3.63) is 70.6 Å². The van der Waals surface area contributed by atoms with Crippen molar-refractivity contribution in [2.75, 3.05) is 7.11 Å². The number of hydrogen-bond acceptors (Lipinski definition) is 5. The highest BCUT2D eigenvalue weighted by atomic mass is 32.2. The summed E-state index contributed by atoms with van der Waals surface area (Å²) in [7, 11) is -2.22. The van der Waals surface area contributed by atoms with Gasteiger partial charge in [-0.15, -0.1) is 11.3 Å². The summed E-state index contributed by atoms with van der Waals surface area (Å²) < 4.78 is 32.5. The Kier molecular flexibility index (Phi) is 6.18. The number of thiophene rings is 1. The average Bonchev–Trinajstić information content (AvgIpc) is 3.36. The lowest BCUT2D eigenvalue weighted by Crippen LogP contribution is -2.51. The number of benzene rings is 2. The van der Waals surface area contributed by atoms with Crippen molar-refractivity contribution in [2.24, 2.45) is 0 Å². The van der Waals surface area contributed by atoms with Gasteiger partial charge in [-0.05, 0) is 48.2 Å². The summed E-state index contributed by atoms with van der Waals surface area (Å²) in [6, 6.07) is 17.3. The quantitative estimate of drug-likeness (QED) is 0.458. The summed E-state index contributed by atoms with van der Waals surface area (Å²) in [4.78, 5) is 13.5. The Morgan fingerprint density at radius 1 is 1.12 bits per heavy atom. The smallest absolute Gasteiger partial charge is 0.324 e. The van der Waals surface area contributed by atoms with Crippen molar-refractivity contribution in [1.29, 1.82) is 0 Å². The molecule has 3 aromatic rings. The van der Waals surface area contributed by atoms with Crippen LogP contribution in [0.25, 0.3) is 22.6 Å². The van der Waals surface area contributed by atoms with Crippen molar-refractivity contribution in [3.8, 4) is 16.2 Å². The molecule has 4 rings (SSSR count). The first-order valence-electron chi connectivity index (χ1n) is 10.5. The molecule has 0 fully saturated rings. The average molecular weight is 484 g/mol. The normalized spacial score (nSPS) is 17.1. The third-order valence-electron chi connectivity index (χ3n) is 6.10. The lowest BCUT2D eigenvalue weighted by Gasteiger charge is -2.32. The standard InChI is InChI=1S/C25H25NO5S2/c1-4-25(2,24(27)28)26-16-22-23(33(26,29)30)15-21(32-22)19-11-7-17(8-12-19)5-6-18-9-13-20(31-3)14-10-18/h5-15H,4,16H2,1-3H3,(H,27,28). The lowest BCUT2D eigenvalue weighted by atomic mass is 9.99. The zero-order valence-corrected chi connectivity index (χ0v) is 20.2. The van der Waals surface area contributed by atoms with Crippen molar-refractivity contribution >= 4 is 39.5 Å². The molecule has 1 aliphatic rings. The fourth-order valence-corrected chi connectivity index (χ4v) is 7.30. The summed E-state index contributed by atoms with van der Waals surface area (Å²) >= 11 is 1.40. The molecule has 2 aromatic carbocycles. The molecule has 0 bridgehead atoms. The molecule has 0 saturated heterocycles. The Morgan fingerprint density at radius 3 is 2.18 bits per heavy atom. The van der Waals surface area contributed by atoms with E-state index in [1.807, 2.05) is 60.7 Å². The number of rotatable bonds is 7. The van der Waals surface area contributed by atoms with Crippen LogP contribution in [0.2, 0.25) is 0 Å². The zero-order valence-electron chi connectivity index (χ0n) is 18.6. The van der Waals surface area contributed by atoms with Crippen molar-refractivity contribution < 1.29 is 23.1 Å². The molecule has 1 atom stereocenters. The van der Waals surface area contributed by atoms with Gasteiger partial charge in [0.25, 0.3) is 0 Å². The first kappa shape index (κ1) is 23.2. The number of methoxy groups -OCH3 is 1. The summed E-state index contributed by atoms with van der Waals surface area (Å²) in [5.74, 6) is -0.325. The zero-order chi connectivity index (χ0) is 23.8. The van der Waals surface area contributed by atoms with Gasteiger partial charge in [0, 0.05) is 9.75 Å². The first-order valence-corrected chi connectivity index (χ1v) is 12.8. The minimum Gasteiger partial charge on any atom is -0.497 e. The van der Waals surface area contributed by atoms with Crippen LogP contribution < -0.4 is 4.74 Å². The van der Waals surface area contributed by atoms with Crippen molar-refractivity contribution in [1.82, 2.24) is 4.31 Å². The number of nitrogens with zero attached hydrogens (tertiary/aromatic N) is 1. The molecule has 1 aromatic heterocycles. The highest BCUT2D eigenvalue weighted by Crippen LogP contribution is 2.44. The number of carbonyl (C=O) groups is 1. The third kappa shape index (κ3) is 4.21.